The summed E-state index contributed by atoms with van der Waals surface area (Å²) in [6, 6.07) is 2.46. The van der Waals surface area contributed by atoms with Crippen molar-refractivity contribution in [3.8, 4) is 0 Å². The van der Waals surface area contributed by atoms with Crippen molar-refractivity contribution in [2.24, 2.45) is 16.7 Å². The minimum Gasteiger partial charge on any atom is -0.366 e. The van der Waals surface area contributed by atoms with Gasteiger partial charge in [-0.1, -0.05) is 20.8 Å². The molecule has 2 saturated carbocycles. The zero-order chi connectivity index (χ0) is 13.7. The first-order chi connectivity index (χ1) is 8.95. The molecule has 1 heterocycles. The third-order valence-corrected chi connectivity index (χ3v) is 5.44. The van der Waals surface area contributed by atoms with Crippen molar-refractivity contribution >= 4 is 11.8 Å². The van der Waals surface area contributed by atoms with E-state index in [2.05, 4.69) is 41.4 Å². The van der Waals surface area contributed by atoms with Gasteiger partial charge in [-0.15, -0.1) is 0 Å². The Labute approximate surface area is 115 Å². The van der Waals surface area contributed by atoms with E-state index in [9.17, 15) is 0 Å². The highest BCUT2D eigenvalue weighted by atomic mass is 15.1. The summed E-state index contributed by atoms with van der Waals surface area (Å²) >= 11 is 0. The third-order valence-electron chi connectivity index (χ3n) is 5.44. The molecule has 2 aliphatic rings. The number of aromatic nitrogens is 2. The summed E-state index contributed by atoms with van der Waals surface area (Å²) in [6.07, 6.45) is 5.88. The summed E-state index contributed by atoms with van der Waals surface area (Å²) < 4.78 is 0. The van der Waals surface area contributed by atoms with Gasteiger partial charge < -0.3 is 10.6 Å². The Morgan fingerprint density at radius 2 is 2.11 bits per heavy atom. The molecule has 2 fully saturated rings. The Bertz CT molecular complexity index is 480. The van der Waals surface area contributed by atoms with Gasteiger partial charge in [0.2, 0.25) is 5.95 Å². The van der Waals surface area contributed by atoms with Crippen molar-refractivity contribution in [1.82, 2.24) is 9.97 Å². The van der Waals surface area contributed by atoms with Crippen molar-refractivity contribution in [3.05, 3.63) is 12.3 Å². The molecule has 104 valence electrons. The molecule has 1 aromatic heterocycles. The van der Waals surface area contributed by atoms with Gasteiger partial charge in [-0.3, -0.25) is 0 Å². The van der Waals surface area contributed by atoms with Crippen molar-refractivity contribution in [2.45, 2.75) is 46.1 Å². The van der Waals surface area contributed by atoms with Crippen molar-refractivity contribution in [2.75, 3.05) is 17.7 Å². The van der Waals surface area contributed by atoms with E-state index in [4.69, 9.17) is 0 Å². The molecule has 3 atom stereocenters. The number of hydrogen-bond donors (Lipinski definition) is 2. The summed E-state index contributed by atoms with van der Waals surface area (Å²) in [6.45, 7) is 7.24. The maximum atomic E-state index is 4.50. The second-order valence-corrected chi connectivity index (χ2v) is 7.01. The van der Waals surface area contributed by atoms with Crippen LogP contribution in [0.1, 0.15) is 40.0 Å². The number of rotatable bonds is 3. The molecule has 2 bridgehead atoms. The maximum absolute atomic E-state index is 4.50. The molecule has 2 aliphatic carbocycles. The van der Waals surface area contributed by atoms with Crippen molar-refractivity contribution in [1.29, 1.82) is 0 Å². The van der Waals surface area contributed by atoms with Crippen LogP contribution in [0.3, 0.4) is 0 Å². The minimum absolute atomic E-state index is 0.345. The van der Waals surface area contributed by atoms with E-state index in [0.29, 0.717) is 22.8 Å². The van der Waals surface area contributed by atoms with E-state index in [-0.39, 0.29) is 0 Å². The van der Waals surface area contributed by atoms with E-state index in [1.54, 1.807) is 0 Å². The SMILES string of the molecule is CNc1nccc(NC2C3(C)CCC(C3)C2(C)C)n1. The molecule has 4 heteroatoms. The molecule has 0 saturated heterocycles. The highest BCUT2D eigenvalue weighted by Gasteiger charge is 2.59. The van der Waals surface area contributed by atoms with Crippen LogP contribution in [0.5, 0.6) is 0 Å². The molecule has 19 heavy (non-hydrogen) atoms. The quantitative estimate of drug-likeness (QED) is 0.876. The molecule has 4 nitrogen and oxygen atoms in total. The molecule has 0 spiro atoms. The smallest absolute Gasteiger partial charge is 0.224 e. The molecule has 3 unspecified atom stereocenters. The first-order valence-corrected chi connectivity index (χ1v) is 7.23. The lowest BCUT2D eigenvalue weighted by molar-refractivity contribution is 0.155. The fraction of sp³-hybridized carbons (Fsp3) is 0.733. The Hall–Kier alpha value is -1.32. The van der Waals surface area contributed by atoms with E-state index >= 15 is 0 Å². The number of anilines is 2. The van der Waals surface area contributed by atoms with E-state index in [0.717, 1.165) is 11.7 Å². The second kappa shape index (κ2) is 4.09. The lowest BCUT2D eigenvalue weighted by Crippen LogP contribution is -2.46. The van der Waals surface area contributed by atoms with Crippen LogP contribution in [0.2, 0.25) is 0 Å². The van der Waals surface area contributed by atoms with Crippen LogP contribution in [-0.4, -0.2) is 23.1 Å². The molecular formula is C15H24N4. The van der Waals surface area contributed by atoms with Crippen LogP contribution in [0.25, 0.3) is 0 Å². The summed E-state index contributed by atoms with van der Waals surface area (Å²) in [4.78, 5) is 8.67. The predicted octanol–water partition coefficient (Wildman–Crippen LogP) is 3.15. The zero-order valence-electron chi connectivity index (χ0n) is 12.3. The van der Waals surface area contributed by atoms with Gasteiger partial charge in [-0.25, -0.2) is 4.98 Å². The molecule has 0 radical (unpaired) electrons. The fourth-order valence-corrected chi connectivity index (χ4v) is 4.37. The van der Waals surface area contributed by atoms with Crippen molar-refractivity contribution < 1.29 is 0 Å². The molecule has 0 amide bonds. The summed E-state index contributed by atoms with van der Waals surface area (Å²) in [5, 5.41) is 6.68. The van der Waals surface area contributed by atoms with Gasteiger partial charge in [0.15, 0.2) is 0 Å². The number of nitrogens with one attached hydrogen (secondary N) is 2. The van der Waals surface area contributed by atoms with Crippen LogP contribution >= 0.6 is 0 Å². The predicted molar refractivity (Wildman–Crippen MR) is 78.2 cm³/mol. The minimum atomic E-state index is 0.345. The Balaban J connectivity index is 1.86. The monoisotopic (exact) mass is 260 g/mol. The first kappa shape index (κ1) is 12.7. The van der Waals surface area contributed by atoms with Crippen LogP contribution in [-0.2, 0) is 0 Å². The van der Waals surface area contributed by atoms with Crippen molar-refractivity contribution in [3.63, 3.8) is 0 Å². The number of nitrogens with zero attached hydrogens (tertiary/aromatic N) is 2. The summed E-state index contributed by atoms with van der Waals surface area (Å²) in [7, 11) is 1.85. The van der Waals surface area contributed by atoms with Crippen LogP contribution < -0.4 is 10.6 Å². The topological polar surface area (TPSA) is 49.8 Å². The second-order valence-electron chi connectivity index (χ2n) is 7.01. The average Bonchev–Trinajstić information content (AvgIpc) is 2.86. The molecule has 3 rings (SSSR count). The largest absolute Gasteiger partial charge is 0.366 e. The lowest BCUT2D eigenvalue weighted by Gasteiger charge is -2.43. The van der Waals surface area contributed by atoms with Crippen LogP contribution in [0.15, 0.2) is 12.3 Å². The normalized spacial score (nSPS) is 35.4. The van der Waals surface area contributed by atoms with Crippen LogP contribution in [0, 0.1) is 16.7 Å². The van der Waals surface area contributed by atoms with Gasteiger partial charge in [-0.05, 0) is 42.1 Å². The molecule has 2 N–H and O–H groups in total. The third kappa shape index (κ3) is 1.88. The Morgan fingerprint density at radius 1 is 1.32 bits per heavy atom. The highest BCUT2D eigenvalue weighted by Crippen LogP contribution is 2.62. The van der Waals surface area contributed by atoms with Gasteiger partial charge in [0.1, 0.15) is 5.82 Å². The van der Waals surface area contributed by atoms with Gasteiger partial charge in [-0.2, -0.15) is 4.98 Å². The van der Waals surface area contributed by atoms with Gasteiger partial charge in [0.25, 0.3) is 0 Å². The van der Waals surface area contributed by atoms with E-state index < -0.39 is 0 Å². The average molecular weight is 260 g/mol. The summed E-state index contributed by atoms with van der Waals surface area (Å²) in [5.74, 6) is 2.46. The highest BCUT2D eigenvalue weighted by molar-refractivity contribution is 5.42. The first-order valence-electron chi connectivity index (χ1n) is 7.23. The molecule has 1 aromatic rings. The van der Waals surface area contributed by atoms with Gasteiger partial charge in [0.05, 0.1) is 0 Å². The standard InChI is InChI=1S/C15H24N4/c1-14(2)10-5-7-15(3,9-10)12(14)18-11-6-8-17-13(16-4)19-11/h6,8,10,12H,5,7,9H2,1-4H3,(H2,16,17,18,19). The number of hydrogen-bond acceptors (Lipinski definition) is 4. The lowest BCUT2D eigenvalue weighted by atomic mass is 9.68. The van der Waals surface area contributed by atoms with Gasteiger partial charge >= 0.3 is 0 Å². The number of fused-ring (bicyclic) bond motifs is 2. The van der Waals surface area contributed by atoms with Gasteiger partial charge in [0, 0.05) is 19.3 Å². The zero-order valence-corrected chi connectivity index (χ0v) is 12.3. The Morgan fingerprint density at radius 3 is 2.74 bits per heavy atom. The molecule has 0 aliphatic heterocycles. The molecular weight excluding hydrogens is 236 g/mol. The summed E-state index contributed by atoms with van der Waals surface area (Å²) in [5.41, 5.74) is 0.761. The van der Waals surface area contributed by atoms with E-state index in [1.807, 2.05) is 19.3 Å². The van der Waals surface area contributed by atoms with Crippen LogP contribution in [0.4, 0.5) is 11.8 Å². The van der Waals surface area contributed by atoms with E-state index in [1.165, 1.54) is 19.3 Å². The molecule has 0 aromatic carbocycles. The Kier molecular flexibility index (Phi) is 2.73. The fourth-order valence-electron chi connectivity index (χ4n) is 4.37. The maximum Gasteiger partial charge on any atom is 0.224 e.